The van der Waals surface area contributed by atoms with Crippen LogP contribution in [0.15, 0.2) is 54.6 Å². The number of carbonyl (C=O) groups is 1. The Morgan fingerprint density at radius 3 is 2.41 bits per heavy atom. The van der Waals surface area contributed by atoms with E-state index in [9.17, 15) is 14.7 Å². The highest BCUT2D eigenvalue weighted by atomic mass is 28.4. The predicted molar refractivity (Wildman–Crippen MR) is 115 cm³/mol. The van der Waals surface area contributed by atoms with Crippen LogP contribution in [0.2, 0.25) is 18.6 Å². The maximum Gasteiger partial charge on any atom is 0.264 e. The minimum Gasteiger partial charge on any atom is -0.432 e. The summed E-state index contributed by atoms with van der Waals surface area (Å²) in [7, 11) is -2.63. The van der Waals surface area contributed by atoms with Gasteiger partial charge in [-0.3, -0.25) is 4.79 Å². The first kappa shape index (κ1) is 20.3. The first-order valence-electron chi connectivity index (χ1n) is 10.3. The molecule has 2 heterocycles. The molecular formula is C23H29NO4Si. The van der Waals surface area contributed by atoms with Crippen molar-refractivity contribution in [3.05, 3.63) is 65.7 Å². The van der Waals surface area contributed by atoms with Crippen molar-refractivity contribution < 1.29 is 19.4 Å². The third-order valence-corrected chi connectivity index (χ3v) is 8.99. The number of para-hydroxylation sites is 1. The largest absolute Gasteiger partial charge is 0.432 e. The Bertz CT molecular complexity index is 897. The van der Waals surface area contributed by atoms with Gasteiger partial charge in [0, 0.05) is 23.6 Å². The van der Waals surface area contributed by atoms with Crippen LogP contribution in [0.1, 0.15) is 24.5 Å². The molecule has 2 N–H and O–H groups in total. The average molecular weight is 412 g/mol. The van der Waals surface area contributed by atoms with Crippen LogP contribution >= 0.6 is 0 Å². The predicted octanol–water partition coefficient (Wildman–Crippen LogP) is 3.41. The number of hydrogen-bond acceptors (Lipinski definition) is 4. The van der Waals surface area contributed by atoms with Gasteiger partial charge in [0.2, 0.25) is 0 Å². The number of ether oxygens (including phenoxy) is 1. The van der Waals surface area contributed by atoms with Crippen molar-refractivity contribution in [1.82, 2.24) is 0 Å². The maximum absolute atomic E-state index is 13.9. The molecule has 4 rings (SSSR count). The van der Waals surface area contributed by atoms with E-state index in [0.717, 1.165) is 16.8 Å². The van der Waals surface area contributed by atoms with E-state index in [2.05, 4.69) is 0 Å². The molecule has 0 unspecified atom stereocenters. The van der Waals surface area contributed by atoms with Crippen LogP contribution in [0.3, 0.4) is 0 Å². The quantitative estimate of drug-likeness (QED) is 0.740. The molecule has 5 nitrogen and oxygen atoms in total. The second-order valence-corrected chi connectivity index (χ2v) is 12.7. The number of fused-ring (bicyclic) bond motifs is 2. The second kappa shape index (κ2) is 7.36. The van der Waals surface area contributed by atoms with Crippen molar-refractivity contribution >= 4 is 19.9 Å². The standard InChI is InChI=1S/C23H29NO4Si/c1-16-21(29(2,3)27)20(13-14-25)28-23(16)18-11-7-8-12-19(18)24(22(23)26)15-17-9-5-4-6-10-17/h4-12,16,20-21,25,27H,13-15H2,1-3H3/t16-,20+,21-,23+/m0/s1. The molecule has 0 saturated carbocycles. The first-order chi connectivity index (χ1) is 13.8. The van der Waals surface area contributed by atoms with E-state index in [-0.39, 0.29) is 30.1 Å². The number of carbonyl (C=O) groups excluding carboxylic acids is 1. The van der Waals surface area contributed by atoms with Gasteiger partial charge in [-0.05, 0) is 31.1 Å². The van der Waals surface area contributed by atoms with Gasteiger partial charge >= 0.3 is 0 Å². The molecule has 2 aromatic carbocycles. The third kappa shape index (κ3) is 3.15. The zero-order valence-electron chi connectivity index (χ0n) is 17.2. The highest BCUT2D eigenvalue weighted by molar-refractivity contribution is 6.71. The lowest BCUT2D eigenvalue weighted by Crippen LogP contribution is -2.46. The number of anilines is 1. The van der Waals surface area contributed by atoms with Crippen molar-refractivity contribution in [2.45, 2.75) is 50.2 Å². The molecule has 0 aromatic heterocycles. The monoisotopic (exact) mass is 411 g/mol. The van der Waals surface area contributed by atoms with Gasteiger partial charge in [0.25, 0.3) is 5.91 Å². The fourth-order valence-corrected chi connectivity index (χ4v) is 7.95. The Labute approximate surface area is 173 Å². The fraction of sp³-hybridized carbons (Fsp3) is 0.435. The number of aliphatic hydroxyl groups excluding tert-OH is 1. The van der Waals surface area contributed by atoms with Gasteiger partial charge < -0.3 is 19.5 Å². The summed E-state index contributed by atoms with van der Waals surface area (Å²) in [4.78, 5) is 26.7. The van der Waals surface area contributed by atoms with Gasteiger partial charge in [0.05, 0.1) is 18.3 Å². The van der Waals surface area contributed by atoms with Crippen LogP contribution in [-0.2, 0) is 21.7 Å². The summed E-state index contributed by atoms with van der Waals surface area (Å²) < 4.78 is 6.53. The molecule has 2 aliphatic rings. The molecule has 1 saturated heterocycles. The van der Waals surface area contributed by atoms with Crippen molar-refractivity contribution in [2.75, 3.05) is 11.5 Å². The number of rotatable bonds is 5. The Morgan fingerprint density at radius 2 is 1.76 bits per heavy atom. The molecule has 1 amide bonds. The SMILES string of the molecule is C[C@H]1[C@H]([Si](C)(C)O)[C@@H](CCO)O[C@]12C(=O)N(Cc1ccccc1)c1ccccc12. The van der Waals surface area contributed by atoms with Gasteiger partial charge in [0.1, 0.15) is 0 Å². The van der Waals surface area contributed by atoms with Crippen LogP contribution in [0.25, 0.3) is 0 Å². The molecule has 0 radical (unpaired) electrons. The van der Waals surface area contributed by atoms with E-state index < -0.39 is 13.9 Å². The van der Waals surface area contributed by atoms with Gasteiger partial charge in [-0.25, -0.2) is 0 Å². The topological polar surface area (TPSA) is 70.0 Å². The molecular weight excluding hydrogens is 382 g/mol. The molecule has 154 valence electrons. The van der Waals surface area contributed by atoms with Gasteiger partial charge in [-0.15, -0.1) is 0 Å². The van der Waals surface area contributed by atoms with Gasteiger partial charge in [0.15, 0.2) is 13.9 Å². The Morgan fingerprint density at radius 1 is 1.10 bits per heavy atom. The number of benzene rings is 2. The van der Waals surface area contributed by atoms with Crippen LogP contribution in [0.4, 0.5) is 5.69 Å². The summed E-state index contributed by atoms with van der Waals surface area (Å²) in [6, 6.07) is 17.8. The molecule has 0 bridgehead atoms. The summed E-state index contributed by atoms with van der Waals surface area (Å²) in [5, 5.41) is 9.59. The molecule has 0 aliphatic carbocycles. The normalized spacial score (nSPS) is 28.9. The summed E-state index contributed by atoms with van der Waals surface area (Å²) in [6.07, 6.45) is 0.0809. The van der Waals surface area contributed by atoms with E-state index in [4.69, 9.17) is 4.74 Å². The Hall–Kier alpha value is -1.99. The Kier molecular flexibility index (Phi) is 5.15. The first-order valence-corrected chi connectivity index (χ1v) is 13.3. The van der Waals surface area contributed by atoms with E-state index >= 15 is 0 Å². The summed E-state index contributed by atoms with van der Waals surface area (Å²) in [6.45, 7) is 6.26. The van der Waals surface area contributed by atoms with Crippen molar-refractivity contribution in [1.29, 1.82) is 0 Å². The van der Waals surface area contributed by atoms with Crippen LogP contribution in [-0.4, -0.2) is 36.8 Å². The smallest absolute Gasteiger partial charge is 0.264 e. The fourth-order valence-electron chi connectivity index (χ4n) is 5.35. The molecule has 2 aromatic rings. The Balaban J connectivity index is 1.80. The number of amides is 1. The third-order valence-electron chi connectivity index (χ3n) is 6.49. The lowest BCUT2D eigenvalue weighted by atomic mass is 9.82. The highest BCUT2D eigenvalue weighted by Crippen LogP contribution is 2.59. The van der Waals surface area contributed by atoms with Crippen molar-refractivity contribution in [2.24, 2.45) is 5.92 Å². The van der Waals surface area contributed by atoms with Gasteiger partial charge in [-0.2, -0.15) is 0 Å². The summed E-state index contributed by atoms with van der Waals surface area (Å²) in [5.41, 5.74) is 1.55. The van der Waals surface area contributed by atoms with Crippen LogP contribution in [0, 0.1) is 5.92 Å². The lowest BCUT2D eigenvalue weighted by Gasteiger charge is -2.32. The van der Waals surface area contributed by atoms with Crippen LogP contribution in [0.5, 0.6) is 0 Å². The molecule has 2 aliphatic heterocycles. The minimum atomic E-state index is -2.63. The number of hydrogen-bond donors (Lipinski definition) is 2. The molecule has 1 spiro atoms. The van der Waals surface area contributed by atoms with E-state index in [1.165, 1.54) is 0 Å². The molecule has 29 heavy (non-hydrogen) atoms. The lowest BCUT2D eigenvalue weighted by molar-refractivity contribution is -0.146. The number of nitrogens with zero attached hydrogens (tertiary/aromatic N) is 1. The van der Waals surface area contributed by atoms with Crippen molar-refractivity contribution in [3.63, 3.8) is 0 Å². The minimum absolute atomic E-state index is 0.0297. The van der Waals surface area contributed by atoms with Crippen LogP contribution < -0.4 is 4.90 Å². The average Bonchev–Trinajstić information content (AvgIpc) is 3.11. The maximum atomic E-state index is 13.9. The van der Waals surface area contributed by atoms with Crippen molar-refractivity contribution in [3.8, 4) is 0 Å². The summed E-state index contributed by atoms with van der Waals surface area (Å²) >= 11 is 0. The highest BCUT2D eigenvalue weighted by Gasteiger charge is 2.65. The molecule has 6 heteroatoms. The molecule has 1 fully saturated rings. The van der Waals surface area contributed by atoms with E-state index in [1.54, 1.807) is 0 Å². The van der Waals surface area contributed by atoms with E-state index in [0.29, 0.717) is 13.0 Å². The van der Waals surface area contributed by atoms with E-state index in [1.807, 2.05) is 79.5 Å². The zero-order chi connectivity index (χ0) is 20.8. The van der Waals surface area contributed by atoms with Gasteiger partial charge in [-0.1, -0.05) is 55.5 Å². The summed E-state index contributed by atoms with van der Waals surface area (Å²) in [5.74, 6) is -0.251. The zero-order valence-corrected chi connectivity index (χ0v) is 18.2. The second-order valence-electron chi connectivity index (χ2n) is 8.77. The molecule has 4 atom stereocenters. The number of aliphatic hydroxyl groups is 1.